The van der Waals surface area contributed by atoms with Crippen molar-refractivity contribution in [1.82, 2.24) is 5.32 Å². The Bertz CT molecular complexity index is 514. The summed E-state index contributed by atoms with van der Waals surface area (Å²) in [6.07, 6.45) is 0.748. The smallest absolute Gasteiger partial charge is 0.242 e. The number of carbonyl (C=O) groups is 1. The van der Waals surface area contributed by atoms with E-state index in [1.165, 1.54) is 11.3 Å². The van der Waals surface area contributed by atoms with E-state index in [-0.39, 0.29) is 5.91 Å². The fourth-order valence-corrected chi connectivity index (χ4v) is 2.42. The topological polar surface area (TPSA) is 64.4 Å². The maximum absolute atomic E-state index is 11.8. The number of nitrogens with two attached hydrogens (primary N) is 1. The zero-order valence-corrected chi connectivity index (χ0v) is 11.9. The summed E-state index contributed by atoms with van der Waals surface area (Å²) in [6.45, 7) is 1.13. The molecule has 0 fully saturated rings. The van der Waals surface area contributed by atoms with Crippen LogP contribution in [-0.4, -0.2) is 19.1 Å². The van der Waals surface area contributed by atoms with E-state index in [9.17, 15) is 4.79 Å². The molecule has 1 atom stereocenters. The lowest BCUT2D eigenvalue weighted by Crippen LogP contribution is -2.34. The molecule has 106 valence electrons. The highest BCUT2D eigenvalue weighted by Gasteiger charge is 2.15. The highest BCUT2D eigenvalue weighted by Crippen LogP contribution is 2.16. The van der Waals surface area contributed by atoms with Crippen LogP contribution in [0.4, 0.5) is 0 Å². The monoisotopic (exact) mass is 290 g/mol. The largest absolute Gasteiger partial charge is 0.494 e. The maximum Gasteiger partial charge on any atom is 0.242 e. The van der Waals surface area contributed by atoms with E-state index in [0.717, 1.165) is 17.0 Å². The van der Waals surface area contributed by atoms with Crippen molar-refractivity contribution in [3.63, 3.8) is 0 Å². The highest BCUT2D eigenvalue weighted by atomic mass is 32.1. The van der Waals surface area contributed by atoms with E-state index in [1.807, 2.05) is 47.8 Å². The summed E-state index contributed by atoms with van der Waals surface area (Å²) < 4.78 is 5.54. The number of para-hydroxylation sites is 1. The van der Waals surface area contributed by atoms with Crippen LogP contribution in [0.2, 0.25) is 0 Å². The first kappa shape index (κ1) is 14.6. The zero-order valence-electron chi connectivity index (χ0n) is 11.1. The maximum atomic E-state index is 11.8. The molecule has 5 heteroatoms. The first-order valence-corrected chi connectivity index (χ1v) is 7.40. The summed E-state index contributed by atoms with van der Waals surface area (Å²) in [5.41, 5.74) is 5.86. The third-order valence-corrected chi connectivity index (χ3v) is 3.72. The average Bonchev–Trinajstić information content (AvgIpc) is 3.01. The van der Waals surface area contributed by atoms with Gasteiger partial charge in [-0.2, -0.15) is 0 Å². The van der Waals surface area contributed by atoms with Crippen LogP contribution in [0, 0.1) is 0 Å². The van der Waals surface area contributed by atoms with E-state index in [1.54, 1.807) is 0 Å². The molecule has 0 spiro atoms. The van der Waals surface area contributed by atoms with Crippen molar-refractivity contribution >= 4 is 17.2 Å². The van der Waals surface area contributed by atoms with E-state index >= 15 is 0 Å². The number of thiophene rings is 1. The van der Waals surface area contributed by atoms with Gasteiger partial charge >= 0.3 is 0 Å². The number of hydrogen-bond donors (Lipinski definition) is 2. The van der Waals surface area contributed by atoms with Gasteiger partial charge in [0.2, 0.25) is 5.91 Å². The van der Waals surface area contributed by atoms with E-state index in [2.05, 4.69) is 5.32 Å². The number of carbonyl (C=O) groups excluding carboxylic acids is 1. The molecule has 4 nitrogen and oxygen atoms in total. The molecule has 1 unspecified atom stereocenters. The molecule has 0 bridgehead atoms. The van der Waals surface area contributed by atoms with Crippen LogP contribution < -0.4 is 15.8 Å². The van der Waals surface area contributed by atoms with Gasteiger partial charge in [0.05, 0.1) is 6.61 Å². The third-order valence-electron chi connectivity index (χ3n) is 2.76. The van der Waals surface area contributed by atoms with Gasteiger partial charge < -0.3 is 15.8 Å². The molecule has 0 saturated heterocycles. The van der Waals surface area contributed by atoms with Crippen LogP contribution in [0.1, 0.15) is 17.3 Å². The van der Waals surface area contributed by atoms with Gasteiger partial charge in [-0.1, -0.05) is 24.3 Å². The summed E-state index contributed by atoms with van der Waals surface area (Å²) in [5, 5.41) is 4.73. The molecule has 0 radical (unpaired) electrons. The van der Waals surface area contributed by atoms with Crippen molar-refractivity contribution in [2.45, 2.75) is 12.5 Å². The van der Waals surface area contributed by atoms with Crippen molar-refractivity contribution < 1.29 is 9.53 Å². The molecule has 3 N–H and O–H groups in total. The Labute approximate surface area is 122 Å². The number of ether oxygens (including phenoxy) is 1. The standard InChI is InChI=1S/C15H18N2O2S/c16-14(13-8-4-11-20-13)15(18)17-9-5-10-19-12-6-2-1-3-7-12/h1-4,6-8,11,14H,5,9-10,16H2,(H,17,18). The van der Waals surface area contributed by atoms with Crippen LogP contribution in [0.15, 0.2) is 47.8 Å². The quantitative estimate of drug-likeness (QED) is 0.769. The van der Waals surface area contributed by atoms with Crippen molar-refractivity contribution in [3.05, 3.63) is 52.7 Å². The lowest BCUT2D eigenvalue weighted by molar-refractivity contribution is -0.122. The van der Waals surface area contributed by atoms with Crippen molar-refractivity contribution in [1.29, 1.82) is 0 Å². The highest BCUT2D eigenvalue weighted by molar-refractivity contribution is 7.10. The van der Waals surface area contributed by atoms with Gasteiger partial charge in [0.15, 0.2) is 0 Å². The Balaban J connectivity index is 1.62. The first-order valence-electron chi connectivity index (χ1n) is 6.52. The normalized spacial score (nSPS) is 11.8. The first-order chi connectivity index (χ1) is 9.77. The summed E-state index contributed by atoms with van der Waals surface area (Å²) in [6, 6.07) is 12.8. The minimum absolute atomic E-state index is 0.146. The Morgan fingerprint density at radius 2 is 2.05 bits per heavy atom. The van der Waals surface area contributed by atoms with E-state index in [0.29, 0.717) is 13.2 Å². The molecule has 1 amide bonds. The fraction of sp³-hybridized carbons (Fsp3) is 0.267. The molecule has 1 aromatic carbocycles. The summed E-state index contributed by atoms with van der Waals surface area (Å²) in [4.78, 5) is 12.7. The number of benzene rings is 1. The number of amides is 1. The van der Waals surface area contributed by atoms with Crippen molar-refractivity contribution in [2.75, 3.05) is 13.2 Å². The Hall–Kier alpha value is -1.85. The molecule has 0 aliphatic rings. The van der Waals surface area contributed by atoms with Gasteiger partial charge in [-0.15, -0.1) is 11.3 Å². The van der Waals surface area contributed by atoms with Crippen LogP contribution in [-0.2, 0) is 4.79 Å². The molecule has 0 saturated carbocycles. The van der Waals surface area contributed by atoms with Gasteiger partial charge in [-0.3, -0.25) is 4.79 Å². The van der Waals surface area contributed by atoms with Gasteiger partial charge in [-0.25, -0.2) is 0 Å². The average molecular weight is 290 g/mol. The molecular weight excluding hydrogens is 272 g/mol. The molecule has 20 heavy (non-hydrogen) atoms. The predicted octanol–water partition coefficient (Wildman–Crippen LogP) is 2.33. The molecule has 0 aliphatic carbocycles. The number of hydrogen-bond acceptors (Lipinski definition) is 4. The van der Waals surface area contributed by atoms with Crippen LogP contribution in [0.3, 0.4) is 0 Å². The summed E-state index contributed by atoms with van der Waals surface area (Å²) in [5.74, 6) is 0.696. The van der Waals surface area contributed by atoms with E-state index < -0.39 is 6.04 Å². The Kier molecular flexibility index (Phi) is 5.58. The number of rotatable bonds is 7. The molecule has 1 aromatic heterocycles. The predicted molar refractivity (Wildman–Crippen MR) is 80.8 cm³/mol. The van der Waals surface area contributed by atoms with Gasteiger partial charge in [0.1, 0.15) is 11.8 Å². The minimum atomic E-state index is -0.579. The molecule has 0 aliphatic heterocycles. The Morgan fingerprint density at radius 3 is 2.75 bits per heavy atom. The van der Waals surface area contributed by atoms with Gasteiger partial charge in [0.25, 0.3) is 0 Å². The van der Waals surface area contributed by atoms with Crippen LogP contribution in [0.25, 0.3) is 0 Å². The molecular formula is C15H18N2O2S. The second kappa shape index (κ2) is 7.67. The third kappa shape index (κ3) is 4.36. The van der Waals surface area contributed by atoms with Crippen LogP contribution in [0.5, 0.6) is 5.75 Å². The zero-order chi connectivity index (χ0) is 14.2. The fourth-order valence-electron chi connectivity index (χ4n) is 1.70. The van der Waals surface area contributed by atoms with E-state index in [4.69, 9.17) is 10.5 Å². The molecule has 1 heterocycles. The summed E-state index contributed by atoms with van der Waals surface area (Å²) >= 11 is 1.49. The van der Waals surface area contributed by atoms with Crippen molar-refractivity contribution in [3.8, 4) is 5.75 Å². The lowest BCUT2D eigenvalue weighted by Gasteiger charge is -2.11. The minimum Gasteiger partial charge on any atom is -0.494 e. The molecule has 2 aromatic rings. The second-order valence-electron chi connectivity index (χ2n) is 4.30. The Morgan fingerprint density at radius 1 is 1.25 bits per heavy atom. The summed E-state index contributed by atoms with van der Waals surface area (Å²) in [7, 11) is 0. The van der Waals surface area contributed by atoms with Gasteiger partial charge in [-0.05, 0) is 30.0 Å². The van der Waals surface area contributed by atoms with Gasteiger partial charge in [0, 0.05) is 11.4 Å². The SMILES string of the molecule is NC(C(=O)NCCCOc1ccccc1)c1cccs1. The van der Waals surface area contributed by atoms with Crippen molar-refractivity contribution in [2.24, 2.45) is 5.73 Å². The lowest BCUT2D eigenvalue weighted by atomic mass is 10.2. The van der Waals surface area contributed by atoms with Crippen LogP contribution >= 0.6 is 11.3 Å². The molecule has 2 rings (SSSR count). The number of nitrogens with one attached hydrogen (secondary N) is 1. The second-order valence-corrected chi connectivity index (χ2v) is 5.28.